The van der Waals surface area contributed by atoms with Crippen LogP contribution in [0, 0.1) is 6.92 Å². The number of rotatable bonds is 6. The number of carbonyl (C=O) groups is 1. The highest BCUT2D eigenvalue weighted by Crippen LogP contribution is 2.14. The summed E-state index contributed by atoms with van der Waals surface area (Å²) >= 11 is 0. The Hall–Kier alpha value is -2.49. The van der Waals surface area contributed by atoms with Crippen LogP contribution in [0.15, 0.2) is 48.5 Å². The minimum Gasteiger partial charge on any atom is -0.493 e. The molecule has 2 rings (SSSR count). The van der Waals surface area contributed by atoms with E-state index in [2.05, 4.69) is 0 Å². The number of ether oxygens (including phenoxy) is 2. The van der Waals surface area contributed by atoms with Gasteiger partial charge in [0.25, 0.3) is 0 Å². The number of aryl methyl sites for hydroxylation is 1. The molecule has 21 heavy (non-hydrogen) atoms. The topological polar surface area (TPSA) is 61.5 Å². The van der Waals surface area contributed by atoms with Crippen LogP contribution in [-0.4, -0.2) is 12.6 Å². The smallest absolute Gasteiger partial charge is 0.309 e. The highest BCUT2D eigenvalue weighted by Gasteiger charge is 2.04. The van der Waals surface area contributed by atoms with Gasteiger partial charge in [-0.1, -0.05) is 35.9 Å². The van der Waals surface area contributed by atoms with E-state index in [1.807, 2.05) is 31.2 Å². The molecule has 0 atom stereocenters. The van der Waals surface area contributed by atoms with E-state index in [9.17, 15) is 4.79 Å². The predicted octanol–water partition coefficient (Wildman–Crippen LogP) is 3.09. The van der Waals surface area contributed by atoms with Gasteiger partial charge in [0.2, 0.25) is 0 Å². The summed E-state index contributed by atoms with van der Waals surface area (Å²) in [6, 6.07) is 15.0. The zero-order valence-corrected chi connectivity index (χ0v) is 12.0. The van der Waals surface area contributed by atoms with E-state index in [0.29, 0.717) is 11.4 Å². The van der Waals surface area contributed by atoms with Crippen LogP contribution in [0.3, 0.4) is 0 Å². The minimum atomic E-state index is -0.278. The number of hydrogen-bond donors (Lipinski definition) is 1. The Labute approximate surface area is 124 Å². The third-order valence-electron chi connectivity index (χ3n) is 2.95. The van der Waals surface area contributed by atoms with Crippen LogP contribution in [-0.2, 0) is 16.1 Å². The van der Waals surface area contributed by atoms with Gasteiger partial charge in [-0.15, -0.1) is 0 Å². The number of carbonyl (C=O) groups excluding carboxylic acids is 1. The Morgan fingerprint density at radius 2 is 1.90 bits per heavy atom. The first-order valence-corrected chi connectivity index (χ1v) is 6.83. The van der Waals surface area contributed by atoms with Gasteiger partial charge in [0.05, 0.1) is 13.0 Å². The van der Waals surface area contributed by atoms with Gasteiger partial charge in [-0.2, -0.15) is 0 Å². The van der Waals surface area contributed by atoms with Gasteiger partial charge < -0.3 is 15.2 Å². The normalized spacial score (nSPS) is 10.1. The van der Waals surface area contributed by atoms with Gasteiger partial charge in [0.1, 0.15) is 12.4 Å². The van der Waals surface area contributed by atoms with Crippen molar-refractivity contribution in [2.24, 2.45) is 0 Å². The summed E-state index contributed by atoms with van der Waals surface area (Å²) in [5, 5.41) is 0. The van der Waals surface area contributed by atoms with Crippen molar-refractivity contribution in [2.45, 2.75) is 20.0 Å². The third kappa shape index (κ3) is 5.18. The lowest BCUT2D eigenvalue weighted by molar-refractivity contribution is -0.145. The van der Waals surface area contributed by atoms with E-state index in [-0.39, 0.29) is 25.6 Å². The lowest BCUT2D eigenvalue weighted by Crippen LogP contribution is -2.10. The molecule has 0 amide bonds. The number of anilines is 1. The molecular formula is C17H19NO3. The third-order valence-corrected chi connectivity index (χ3v) is 2.95. The van der Waals surface area contributed by atoms with Crippen molar-refractivity contribution in [3.05, 3.63) is 59.7 Å². The fourth-order valence-electron chi connectivity index (χ4n) is 1.78. The number of benzene rings is 2. The molecule has 0 aromatic heterocycles. The average Bonchev–Trinajstić information content (AvgIpc) is 2.47. The van der Waals surface area contributed by atoms with Crippen LogP contribution in [0.25, 0.3) is 0 Å². The summed E-state index contributed by atoms with van der Waals surface area (Å²) in [5.74, 6) is 0.376. The van der Waals surface area contributed by atoms with Gasteiger partial charge in [-0.3, -0.25) is 4.79 Å². The second-order valence-corrected chi connectivity index (χ2v) is 4.82. The molecule has 4 heteroatoms. The molecule has 0 heterocycles. The fourth-order valence-corrected chi connectivity index (χ4v) is 1.78. The molecule has 0 bridgehead atoms. The van der Waals surface area contributed by atoms with Crippen molar-refractivity contribution >= 4 is 11.7 Å². The molecule has 4 nitrogen and oxygen atoms in total. The lowest BCUT2D eigenvalue weighted by atomic mass is 10.2. The number of hydrogen-bond acceptors (Lipinski definition) is 4. The maximum atomic E-state index is 11.6. The standard InChI is InChI=1S/C17H19NO3/c1-13-5-7-14(8-6-13)12-21-17(19)9-10-20-16-4-2-3-15(18)11-16/h2-8,11H,9-10,12,18H2,1H3. The lowest BCUT2D eigenvalue weighted by Gasteiger charge is -2.07. The SMILES string of the molecule is Cc1ccc(COC(=O)CCOc2cccc(N)c2)cc1. The van der Waals surface area contributed by atoms with Gasteiger partial charge >= 0.3 is 5.97 Å². The van der Waals surface area contributed by atoms with Crippen molar-refractivity contribution in [2.75, 3.05) is 12.3 Å². The maximum Gasteiger partial charge on any atom is 0.309 e. The van der Waals surface area contributed by atoms with Crippen LogP contribution < -0.4 is 10.5 Å². The zero-order chi connectivity index (χ0) is 15.1. The molecule has 2 aromatic carbocycles. The van der Waals surface area contributed by atoms with E-state index in [0.717, 1.165) is 5.56 Å². The molecule has 0 fully saturated rings. The molecule has 0 aliphatic heterocycles. The second-order valence-electron chi connectivity index (χ2n) is 4.82. The molecule has 2 aromatic rings. The van der Waals surface area contributed by atoms with Gasteiger partial charge in [0, 0.05) is 11.8 Å². The second kappa shape index (κ2) is 7.33. The van der Waals surface area contributed by atoms with Crippen molar-refractivity contribution < 1.29 is 14.3 Å². The zero-order valence-electron chi connectivity index (χ0n) is 12.0. The van der Waals surface area contributed by atoms with Crippen LogP contribution >= 0.6 is 0 Å². The van der Waals surface area contributed by atoms with E-state index >= 15 is 0 Å². The molecule has 0 aliphatic carbocycles. The first-order chi connectivity index (χ1) is 10.1. The molecule has 110 valence electrons. The molecule has 0 aliphatic rings. The number of esters is 1. The van der Waals surface area contributed by atoms with Crippen molar-refractivity contribution in [1.29, 1.82) is 0 Å². The Balaban J connectivity index is 1.69. The summed E-state index contributed by atoms with van der Waals surface area (Å²) in [6.45, 7) is 2.58. The summed E-state index contributed by atoms with van der Waals surface area (Å²) in [6.07, 6.45) is 0.209. The first kappa shape index (κ1) is 14.9. The fraction of sp³-hybridized carbons (Fsp3) is 0.235. The molecule has 2 N–H and O–H groups in total. The van der Waals surface area contributed by atoms with Gasteiger partial charge in [0.15, 0.2) is 0 Å². The Morgan fingerprint density at radius 1 is 1.14 bits per heavy atom. The number of nitrogens with two attached hydrogens (primary N) is 1. The highest BCUT2D eigenvalue weighted by atomic mass is 16.5. The minimum absolute atomic E-state index is 0.209. The van der Waals surface area contributed by atoms with Gasteiger partial charge in [-0.25, -0.2) is 0 Å². The Bertz CT molecular complexity index is 593. The highest BCUT2D eigenvalue weighted by molar-refractivity contribution is 5.69. The van der Waals surface area contributed by atoms with Crippen LogP contribution in [0.2, 0.25) is 0 Å². The monoisotopic (exact) mass is 285 g/mol. The van der Waals surface area contributed by atoms with Gasteiger partial charge in [-0.05, 0) is 24.6 Å². The largest absolute Gasteiger partial charge is 0.493 e. The predicted molar refractivity (Wildman–Crippen MR) is 81.9 cm³/mol. The van der Waals surface area contributed by atoms with Crippen LogP contribution in [0.5, 0.6) is 5.75 Å². The maximum absolute atomic E-state index is 11.6. The quantitative estimate of drug-likeness (QED) is 0.654. The molecule has 0 spiro atoms. The van der Waals surface area contributed by atoms with Crippen LogP contribution in [0.4, 0.5) is 5.69 Å². The average molecular weight is 285 g/mol. The molecular weight excluding hydrogens is 266 g/mol. The van der Waals surface area contributed by atoms with E-state index < -0.39 is 0 Å². The molecule has 0 unspecified atom stereocenters. The summed E-state index contributed by atoms with van der Waals surface area (Å²) in [4.78, 5) is 11.6. The number of nitrogen functional groups attached to an aromatic ring is 1. The Kier molecular flexibility index (Phi) is 5.21. The first-order valence-electron chi connectivity index (χ1n) is 6.83. The van der Waals surface area contributed by atoms with Crippen molar-refractivity contribution in [3.63, 3.8) is 0 Å². The summed E-state index contributed by atoms with van der Waals surface area (Å²) in [7, 11) is 0. The van der Waals surface area contributed by atoms with E-state index in [1.165, 1.54) is 5.56 Å². The van der Waals surface area contributed by atoms with Crippen LogP contribution in [0.1, 0.15) is 17.5 Å². The van der Waals surface area contributed by atoms with E-state index in [4.69, 9.17) is 15.2 Å². The molecule has 0 saturated heterocycles. The molecule has 0 saturated carbocycles. The molecule has 0 radical (unpaired) electrons. The van der Waals surface area contributed by atoms with Crippen molar-refractivity contribution in [3.8, 4) is 5.75 Å². The van der Waals surface area contributed by atoms with Crippen molar-refractivity contribution in [1.82, 2.24) is 0 Å². The summed E-state index contributed by atoms with van der Waals surface area (Å²) < 4.78 is 10.6. The Morgan fingerprint density at radius 3 is 2.62 bits per heavy atom. The van der Waals surface area contributed by atoms with E-state index in [1.54, 1.807) is 24.3 Å². The summed E-state index contributed by atoms with van der Waals surface area (Å²) in [5.41, 5.74) is 8.43.